The molecule has 0 fully saturated rings. The topological polar surface area (TPSA) is 61.3 Å². The fraction of sp³-hybridized carbons (Fsp3) is 0.143. The lowest BCUT2D eigenvalue weighted by atomic mass is 10.1. The summed E-state index contributed by atoms with van der Waals surface area (Å²) in [5, 5.41) is 0. The standard InChI is InChI=1S/C14H16N2O/c1-10(17-12-5-3-2-4-6-12)13-8-7-11(15)9-14(13)16/h2-10H,15-16H2,1H3. The van der Waals surface area contributed by atoms with Crippen LogP contribution in [0.3, 0.4) is 0 Å². The fourth-order valence-corrected chi connectivity index (χ4v) is 1.73. The Morgan fingerprint density at radius 1 is 1.00 bits per heavy atom. The van der Waals surface area contributed by atoms with Gasteiger partial charge in [-0.15, -0.1) is 0 Å². The molecule has 0 radical (unpaired) electrons. The van der Waals surface area contributed by atoms with Crippen LogP contribution in [0, 0.1) is 0 Å². The van der Waals surface area contributed by atoms with Crippen molar-refractivity contribution in [3.8, 4) is 5.75 Å². The molecule has 1 atom stereocenters. The van der Waals surface area contributed by atoms with E-state index in [0.29, 0.717) is 11.4 Å². The molecule has 0 aliphatic rings. The maximum absolute atomic E-state index is 5.92. The summed E-state index contributed by atoms with van der Waals surface area (Å²) in [5.74, 6) is 0.830. The van der Waals surface area contributed by atoms with Crippen molar-refractivity contribution >= 4 is 11.4 Å². The van der Waals surface area contributed by atoms with Crippen LogP contribution in [-0.2, 0) is 0 Å². The molecule has 0 saturated carbocycles. The molecule has 0 saturated heterocycles. The highest BCUT2D eigenvalue weighted by Crippen LogP contribution is 2.26. The first-order valence-electron chi connectivity index (χ1n) is 5.53. The first-order chi connectivity index (χ1) is 8.16. The van der Waals surface area contributed by atoms with Crippen LogP contribution in [0.15, 0.2) is 48.5 Å². The van der Waals surface area contributed by atoms with Crippen molar-refractivity contribution in [3.63, 3.8) is 0 Å². The van der Waals surface area contributed by atoms with E-state index >= 15 is 0 Å². The molecule has 2 aromatic rings. The smallest absolute Gasteiger partial charge is 0.123 e. The monoisotopic (exact) mass is 228 g/mol. The van der Waals surface area contributed by atoms with E-state index in [-0.39, 0.29) is 6.10 Å². The Bertz CT molecular complexity index is 497. The molecule has 0 amide bonds. The molecule has 0 spiro atoms. The van der Waals surface area contributed by atoms with Crippen molar-refractivity contribution in [1.29, 1.82) is 0 Å². The summed E-state index contributed by atoms with van der Waals surface area (Å²) < 4.78 is 5.80. The maximum atomic E-state index is 5.92. The van der Waals surface area contributed by atoms with Gasteiger partial charge >= 0.3 is 0 Å². The Hall–Kier alpha value is -2.16. The van der Waals surface area contributed by atoms with E-state index in [9.17, 15) is 0 Å². The molecule has 17 heavy (non-hydrogen) atoms. The van der Waals surface area contributed by atoms with Gasteiger partial charge in [-0.25, -0.2) is 0 Å². The van der Waals surface area contributed by atoms with Gasteiger partial charge in [0.1, 0.15) is 11.9 Å². The molecule has 88 valence electrons. The minimum Gasteiger partial charge on any atom is -0.486 e. The third-order valence-corrected chi connectivity index (χ3v) is 2.60. The molecule has 0 aliphatic heterocycles. The first-order valence-corrected chi connectivity index (χ1v) is 5.53. The van der Waals surface area contributed by atoms with Gasteiger partial charge in [0, 0.05) is 16.9 Å². The third-order valence-electron chi connectivity index (χ3n) is 2.60. The molecule has 3 nitrogen and oxygen atoms in total. The summed E-state index contributed by atoms with van der Waals surface area (Å²) in [6.07, 6.45) is -0.0991. The Balaban J connectivity index is 2.17. The number of anilines is 2. The lowest BCUT2D eigenvalue weighted by Crippen LogP contribution is -2.06. The average Bonchev–Trinajstić information content (AvgIpc) is 2.30. The molecule has 3 heteroatoms. The highest BCUT2D eigenvalue weighted by Gasteiger charge is 2.10. The van der Waals surface area contributed by atoms with Gasteiger partial charge < -0.3 is 16.2 Å². The fourth-order valence-electron chi connectivity index (χ4n) is 1.73. The van der Waals surface area contributed by atoms with Crippen molar-refractivity contribution in [2.75, 3.05) is 11.5 Å². The molecule has 0 heterocycles. The molecule has 1 unspecified atom stereocenters. The second-order valence-electron chi connectivity index (χ2n) is 3.96. The van der Waals surface area contributed by atoms with E-state index in [0.717, 1.165) is 11.3 Å². The van der Waals surface area contributed by atoms with Crippen LogP contribution in [0.2, 0.25) is 0 Å². The Labute approximate surface area is 101 Å². The van der Waals surface area contributed by atoms with Gasteiger partial charge in [-0.05, 0) is 31.2 Å². The minimum absolute atomic E-state index is 0.0991. The number of nitrogen functional groups attached to an aromatic ring is 2. The van der Waals surface area contributed by atoms with Crippen molar-refractivity contribution in [1.82, 2.24) is 0 Å². The minimum atomic E-state index is -0.0991. The van der Waals surface area contributed by atoms with E-state index in [4.69, 9.17) is 16.2 Å². The average molecular weight is 228 g/mol. The predicted molar refractivity (Wildman–Crippen MR) is 70.8 cm³/mol. The molecule has 0 aliphatic carbocycles. The van der Waals surface area contributed by atoms with E-state index in [1.54, 1.807) is 6.07 Å². The summed E-state index contributed by atoms with van der Waals surface area (Å²) in [6.45, 7) is 1.97. The zero-order chi connectivity index (χ0) is 12.3. The number of rotatable bonds is 3. The molecule has 0 aromatic heterocycles. The Morgan fingerprint density at radius 3 is 2.35 bits per heavy atom. The van der Waals surface area contributed by atoms with Gasteiger partial charge in [-0.1, -0.05) is 24.3 Å². The quantitative estimate of drug-likeness (QED) is 0.794. The third kappa shape index (κ3) is 2.69. The summed E-state index contributed by atoms with van der Waals surface area (Å²) in [7, 11) is 0. The lowest BCUT2D eigenvalue weighted by molar-refractivity contribution is 0.227. The Kier molecular flexibility index (Phi) is 3.19. The number of para-hydroxylation sites is 1. The van der Waals surface area contributed by atoms with Gasteiger partial charge in [-0.3, -0.25) is 0 Å². The van der Waals surface area contributed by atoms with E-state index in [2.05, 4.69) is 0 Å². The number of hydrogen-bond acceptors (Lipinski definition) is 3. The number of ether oxygens (including phenoxy) is 1. The summed E-state index contributed by atoms with van der Waals surface area (Å²) in [5.41, 5.74) is 13.8. The maximum Gasteiger partial charge on any atom is 0.123 e. The molecular weight excluding hydrogens is 212 g/mol. The first kappa shape index (κ1) is 11.3. The van der Waals surface area contributed by atoms with Crippen molar-refractivity contribution < 1.29 is 4.74 Å². The number of nitrogens with two attached hydrogens (primary N) is 2. The summed E-state index contributed by atoms with van der Waals surface area (Å²) in [4.78, 5) is 0. The predicted octanol–water partition coefficient (Wildman–Crippen LogP) is 2.99. The molecule has 2 rings (SSSR count). The van der Waals surface area contributed by atoms with Crippen molar-refractivity contribution in [2.45, 2.75) is 13.0 Å². The number of hydrogen-bond donors (Lipinski definition) is 2. The molecule has 4 N–H and O–H groups in total. The van der Waals surface area contributed by atoms with Crippen LogP contribution in [0.25, 0.3) is 0 Å². The molecule has 2 aromatic carbocycles. The second kappa shape index (κ2) is 4.78. The SMILES string of the molecule is CC(Oc1ccccc1)c1ccc(N)cc1N. The summed E-state index contributed by atoms with van der Waals surface area (Å²) >= 11 is 0. The van der Waals surface area contributed by atoms with Crippen LogP contribution in [-0.4, -0.2) is 0 Å². The van der Waals surface area contributed by atoms with Crippen molar-refractivity contribution in [3.05, 3.63) is 54.1 Å². The molecular formula is C14H16N2O. The van der Waals surface area contributed by atoms with Gasteiger partial charge in [0.2, 0.25) is 0 Å². The molecule has 0 bridgehead atoms. The summed E-state index contributed by atoms with van der Waals surface area (Å²) in [6, 6.07) is 15.2. The van der Waals surface area contributed by atoms with Crippen LogP contribution in [0.5, 0.6) is 5.75 Å². The number of benzene rings is 2. The zero-order valence-corrected chi connectivity index (χ0v) is 9.76. The van der Waals surface area contributed by atoms with E-state index < -0.39 is 0 Å². The van der Waals surface area contributed by atoms with Gasteiger partial charge in [0.15, 0.2) is 0 Å². The van der Waals surface area contributed by atoms with E-state index in [1.807, 2.05) is 49.4 Å². The van der Waals surface area contributed by atoms with Crippen LogP contribution >= 0.6 is 0 Å². The van der Waals surface area contributed by atoms with Gasteiger partial charge in [-0.2, -0.15) is 0 Å². The highest BCUT2D eigenvalue weighted by atomic mass is 16.5. The van der Waals surface area contributed by atoms with Crippen molar-refractivity contribution in [2.24, 2.45) is 0 Å². The lowest BCUT2D eigenvalue weighted by Gasteiger charge is -2.17. The second-order valence-corrected chi connectivity index (χ2v) is 3.96. The normalized spacial score (nSPS) is 12.1. The largest absolute Gasteiger partial charge is 0.486 e. The van der Waals surface area contributed by atoms with E-state index in [1.165, 1.54) is 0 Å². The Morgan fingerprint density at radius 2 is 1.71 bits per heavy atom. The van der Waals surface area contributed by atoms with Crippen LogP contribution in [0.1, 0.15) is 18.6 Å². The zero-order valence-electron chi connectivity index (χ0n) is 9.76. The van der Waals surface area contributed by atoms with Gasteiger partial charge in [0.05, 0.1) is 0 Å². The highest BCUT2D eigenvalue weighted by molar-refractivity contribution is 5.57. The van der Waals surface area contributed by atoms with Gasteiger partial charge in [0.25, 0.3) is 0 Å². The van der Waals surface area contributed by atoms with Crippen LogP contribution < -0.4 is 16.2 Å². The van der Waals surface area contributed by atoms with Crippen LogP contribution in [0.4, 0.5) is 11.4 Å².